The zero-order valence-electron chi connectivity index (χ0n) is 22.6. The predicted octanol–water partition coefficient (Wildman–Crippen LogP) is 6.97. The van der Waals surface area contributed by atoms with E-state index in [0.717, 1.165) is 43.4 Å². The third-order valence-electron chi connectivity index (χ3n) is 7.84. The molecule has 2 aliphatic carbocycles. The van der Waals surface area contributed by atoms with E-state index < -0.39 is 5.54 Å². The molecule has 4 rings (SSSR count). The van der Waals surface area contributed by atoms with E-state index in [2.05, 4.69) is 122 Å². The number of likely N-dealkylation sites (N-methyl/N-ethyl adjacent to an activating group) is 2. The summed E-state index contributed by atoms with van der Waals surface area (Å²) in [5, 5.41) is 3.68. The molecule has 0 radical (unpaired) electrons. The van der Waals surface area contributed by atoms with Crippen LogP contribution in [0.4, 0.5) is 0 Å². The van der Waals surface area contributed by atoms with Crippen molar-refractivity contribution in [2.75, 3.05) is 27.2 Å². The fourth-order valence-electron chi connectivity index (χ4n) is 5.36. The van der Waals surface area contributed by atoms with Gasteiger partial charge in [-0.1, -0.05) is 86.8 Å². The van der Waals surface area contributed by atoms with Crippen LogP contribution in [-0.4, -0.2) is 37.0 Å². The number of allylic oxidation sites excluding steroid dienone is 2. The van der Waals surface area contributed by atoms with E-state index in [9.17, 15) is 0 Å². The van der Waals surface area contributed by atoms with Gasteiger partial charge in [0.25, 0.3) is 0 Å². The summed E-state index contributed by atoms with van der Waals surface area (Å²) in [5.74, 6) is 1.40. The SMILES string of the molecule is C=C(c1cccc(CN(C)C(=C)C(NC)(C2=CCC(C)C=C2)c2ccccc2)c1)N(CC)CC1CC1. The van der Waals surface area contributed by atoms with E-state index in [4.69, 9.17) is 0 Å². The van der Waals surface area contributed by atoms with Crippen molar-refractivity contribution in [1.29, 1.82) is 0 Å². The van der Waals surface area contributed by atoms with Crippen molar-refractivity contribution in [2.24, 2.45) is 11.8 Å². The Morgan fingerprint density at radius 1 is 1.08 bits per heavy atom. The molecule has 0 aromatic heterocycles. The summed E-state index contributed by atoms with van der Waals surface area (Å²) in [5.41, 5.74) is 6.62. The molecule has 0 spiro atoms. The molecule has 2 atom stereocenters. The molecule has 1 saturated carbocycles. The monoisotopic (exact) mass is 481 g/mol. The Hall–Kier alpha value is -3.04. The molecule has 3 heteroatoms. The molecule has 0 aliphatic heterocycles. The first-order chi connectivity index (χ1) is 17.4. The number of benzene rings is 2. The number of rotatable bonds is 12. The van der Waals surface area contributed by atoms with Gasteiger partial charge in [-0.2, -0.15) is 0 Å². The maximum atomic E-state index is 4.67. The van der Waals surface area contributed by atoms with Gasteiger partial charge < -0.3 is 15.1 Å². The molecule has 0 bridgehead atoms. The number of hydrogen-bond acceptors (Lipinski definition) is 3. The van der Waals surface area contributed by atoms with Crippen LogP contribution < -0.4 is 5.32 Å². The average molecular weight is 482 g/mol. The first kappa shape index (κ1) is 26.0. The van der Waals surface area contributed by atoms with Crippen LogP contribution in [-0.2, 0) is 12.1 Å². The molecular formula is C33H43N3. The minimum atomic E-state index is -0.489. The maximum absolute atomic E-state index is 4.67. The lowest BCUT2D eigenvalue weighted by atomic mass is 9.76. The second-order valence-electron chi connectivity index (χ2n) is 10.5. The van der Waals surface area contributed by atoms with Crippen molar-refractivity contribution in [3.63, 3.8) is 0 Å². The van der Waals surface area contributed by atoms with E-state index in [0.29, 0.717) is 5.92 Å². The Balaban J connectivity index is 1.59. The summed E-state index contributed by atoms with van der Waals surface area (Å²) < 4.78 is 0. The van der Waals surface area contributed by atoms with Crippen LogP contribution in [0.1, 0.15) is 49.8 Å². The van der Waals surface area contributed by atoms with Gasteiger partial charge in [0.15, 0.2) is 0 Å². The Morgan fingerprint density at radius 3 is 2.44 bits per heavy atom. The van der Waals surface area contributed by atoms with Crippen LogP contribution in [0.25, 0.3) is 5.70 Å². The Kier molecular flexibility index (Phi) is 8.21. The zero-order valence-corrected chi connectivity index (χ0v) is 22.6. The highest BCUT2D eigenvalue weighted by molar-refractivity contribution is 5.62. The zero-order chi connectivity index (χ0) is 25.7. The third-order valence-corrected chi connectivity index (χ3v) is 7.84. The molecule has 36 heavy (non-hydrogen) atoms. The molecule has 1 fully saturated rings. The highest BCUT2D eigenvalue weighted by Crippen LogP contribution is 2.40. The normalized spacial score (nSPS) is 18.8. The standard InChI is InChI=1S/C33H43N3/c1-7-36(24-28-18-19-28)26(3)30-13-11-12-29(22-30)23-35(6)27(4)33(34-5,31-14-9-8-10-15-31)32-20-16-25(2)17-21-32/h8-16,20-22,25,28,34H,3-4,7,17-19,23-24H2,1-2,5-6H3. The van der Waals surface area contributed by atoms with E-state index in [1.807, 2.05) is 7.05 Å². The van der Waals surface area contributed by atoms with E-state index in [1.54, 1.807) is 0 Å². The Bertz CT molecular complexity index is 1120. The molecule has 2 aromatic carbocycles. The van der Waals surface area contributed by atoms with Crippen molar-refractivity contribution in [3.05, 3.63) is 114 Å². The van der Waals surface area contributed by atoms with Crippen LogP contribution in [0, 0.1) is 11.8 Å². The van der Waals surface area contributed by atoms with Crippen molar-refractivity contribution >= 4 is 5.70 Å². The fraction of sp³-hybridized carbons (Fsp3) is 0.394. The molecule has 2 aromatic rings. The summed E-state index contributed by atoms with van der Waals surface area (Å²) in [6.07, 6.45) is 10.7. The van der Waals surface area contributed by atoms with Crippen LogP contribution in [0.3, 0.4) is 0 Å². The smallest absolute Gasteiger partial charge is 0.108 e. The quantitative estimate of drug-likeness (QED) is 0.353. The lowest BCUT2D eigenvalue weighted by Gasteiger charge is -2.42. The summed E-state index contributed by atoms with van der Waals surface area (Å²) in [4.78, 5) is 4.73. The Labute approximate surface area is 218 Å². The van der Waals surface area contributed by atoms with Gasteiger partial charge in [0, 0.05) is 38.1 Å². The average Bonchev–Trinajstić information content (AvgIpc) is 3.73. The first-order valence-electron chi connectivity index (χ1n) is 13.5. The van der Waals surface area contributed by atoms with E-state index in [1.165, 1.54) is 35.1 Å². The van der Waals surface area contributed by atoms with Crippen molar-refractivity contribution in [3.8, 4) is 0 Å². The van der Waals surface area contributed by atoms with Crippen LogP contribution >= 0.6 is 0 Å². The summed E-state index contributed by atoms with van der Waals surface area (Å²) >= 11 is 0. The lowest BCUT2D eigenvalue weighted by Crippen LogP contribution is -2.47. The largest absolute Gasteiger partial charge is 0.372 e. The van der Waals surface area contributed by atoms with Crippen LogP contribution in [0.5, 0.6) is 0 Å². The highest BCUT2D eigenvalue weighted by atomic mass is 15.2. The van der Waals surface area contributed by atoms with Gasteiger partial charge in [-0.3, -0.25) is 0 Å². The van der Waals surface area contributed by atoms with Crippen molar-refractivity contribution < 1.29 is 0 Å². The van der Waals surface area contributed by atoms with Gasteiger partial charge in [-0.05, 0) is 73.4 Å². The van der Waals surface area contributed by atoms with Crippen LogP contribution in [0.15, 0.2) is 97.3 Å². The van der Waals surface area contributed by atoms with E-state index in [-0.39, 0.29) is 0 Å². The summed E-state index contributed by atoms with van der Waals surface area (Å²) in [6.45, 7) is 16.5. The van der Waals surface area contributed by atoms with E-state index >= 15 is 0 Å². The number of nitrogens with zero attached hydrogens (tertiary/aromatic N) is 2. The second kappa shape index (κ2) is 11.3. The predicted molar refractivity (Wildman–Crippen MR) is 154 cm³/mol. The van der Waals surface area contributed by atoms with Gasteiger partial charge in [0.1, 0.15) is 5.54 Å². The molecule has 0 amide bonds. The lowest BCUT2D eigenvalue weighted by molar-refractivity contribution is 0.321. The summed E-state index contributed by atoms with van der Waals surface area (Å²) in [6, 6.07) is 19.6. The molecule has 0 heterocycles. The summed E-state index contributed by atoms with van der Waals surface area (Å²) in [7, 11) is 4.20. The second-order valence-corrected chi connectivity index (χ2v) is 10.5. The first-order valence-corrected chi connectivity index (χ1v) is 13.5. The molecular weight excluding hydrogens is 438 g/mol. The fourth-order valence-corrected chi connectivity index (χ4v) is 5.36. The number of nitrogens with one attached hydrogen (secondary N) is 1. The third kappa shape index (κ3) is 5.52. The number of hydrogen-bond donors (Lipinski definition) is 1. The van der Waals surface area contributed by atoms with Gasteiger partial charge in [0.05, 0.1) is 0 Å². The molecule has 0 saturated heterocycles. The minimum absolute atomic E-state index is 0.489. The van der Waals surface area contributed by atoms with Gasteiger partial charge in [-0.25, -0.2) is 0 Å². The molecule has 2 unspecified atom stereocenters. The maximum Gasteiger partial charge on any atom is 0.108 e. The molecule has 190 valence electrons. The minimum Gasteiger partial charge on any atom is -0.372 e. The Morgan fingerprint density at radius 2 is 1.83 bits per heavy atom. The van der Waals surface area contributed by atoms with Crippen LogP contribution in [0.2, 0.25) is 0 Å². The highest BCUT2D eigenvalue weighted by Gasteiger charge is 2.39. The van der Waals surface area contributed by atoms with Gasteiger partial charge in [0.2, 0.25) is 0 Å². The van der Waals surface area contributed by atoms with Crippen molar-refractivity contribution in [2.45, 2.75) is 45.2 Å². The van der Waals surface area contributed by atoms with Gasteiger partial charge in [-0.15, -0.1) is 0 Å². The molecule has 1 N–H and O–H groups in total. The topological polar surface area (TPSA) is 18.5 Å². The van der Waals surface area contributed by atoms with Crippen molar-refractivity contribution in [1.82, 2.24) is 15.1 Å². The molecule has 2 aliphatic rings. The van der Waals surface area contributed by atoms with Gasteiger partial charge >= 0.3 is 0 Å². The molecule has 3 nitrogen and oxygen atoms in total.